The van der Waals surface area contributed by atoms with Gasteiger partial charge in [-0.25, -0.2) is 4.98 Å². The standard InChI is InChI=1S/C9H10ClNO2S/c1-6(9(12)13-2)14-8-7(10)4-3-5-11-8/h3-6H,1-2H3. The van der Waals surface area contributed by atoms with Crippen LogP contribution in [-0.4, -0.2) is 23.3 Å². The highest BCUT2D eigenvalue weighted by Crippen LogP contribution is 2.28. The highest BCUT2D eigenvalue weighted by Gasteiger charge is 2.16. The number of hydrogen-bond acceptors (Lipinski definition) is 4. The van der Waals surface area contributed by atoms with E-state index in [0.29, 0.717) is 10.0 Å². The van der Waals surface area contributed by atoms with E-state index >= 15 is 0 Å². The molecule has 0 saturated heterocycles. The monoisotopic (exact) mass is 231 g/mol. The van der Waals surface area contributed by atoms with Crippen LogP contribution in [0.4, 0.5) is 0 Å². The summed E-state index contributed by atoms with van der Waals surface area (Å²) >= 11 is 7.17. The summed E-state index contributed by atoms with van der Waals surface area (Å²) in [7, 11) is 1.36. The molecule has 1 aromatic rings. The summed E-state index contributed by atoms with van der Waals surface area (Å²) in [5.41, 5.74) is 0. The number of pyridine rings is 1. The first kappa shape index (κ1) is 11.3. The maximum atomic E-state index is 11.1. The van der Waals surface area contributed by atoms with Crippen LogP contribution in [0.2, 0.25) is 5.02 Å². The van der Waals surface area contributed by atoms with Crippen LogP contribution in [0.15, 0.2) is 23.4 Å². The quantitative estimate of drug-likeness (QED) is 0.592. The van der Waals surface area contributed by atoms with E-state index in [1.54, 1.807) is 25.3 Å². The van der Waals surface area contributed by atoms with Crippen LogP contribution in [-0.2, 0) is 9.53 Å². The molecule has 1 atom stereocenters. The first-order valence-corrected chi connectivity index (χ1v) is 5.26. The second-order valence-electron chi connectivity index (χ2n) is 2.57. The van der Waals surface area contributed by atoms with Gasteiger partial charge in [-0.2, -0.15) is 0 Å². The zero-order valence-electron chi connectivity index (χ0n) is 7.86. The number of methoxy groups -OCH3 is 1. The molecule has 0 aliphatic rings. The van der Waals surface area contributed by atoms with Crippen molar-refractivity contribution in [1.29, 1.82) is 0 Å². The molecule has 5 heteroatoms. The van der Waals surface area contributed by atoms with Gasteiger partial charge < -0.3 is 4.74 Å². The molecule has 0 aliphatic carbocycles. The third-order valence-corrected chi connectivity index (χ3v) is 3.06. The molecule has 0 bridgehead atoms. The molecule has 0 radical (unpaired) electrons. The fourth-order valence-electron chi connectivity index (χ4n) is 0.839. The first-order chi connectivity index (χ1) is 6.65. The van der Waals surface area contributed by atoms with E-state index in [9.17, 15) is 4.79 Å². The Morgan fingerprint density at radius 1 is 1.71 bits per heavy atom. The van der Waals surface area contributed by atoms with Crippen molar-refractivity contribution in [2.24, 2.45) is 0 Å². The van der Waals surface area contributed by atoms with Crippen LogP contribution in [0.25, 0.3) is 0 Å². The number of rotatable bonds is 3. The lowest BCUT2D eigenvalue weighted by Gasteiger charge is -2.08. The predicted molar refractivity (Wildman–Crippen MR) is 56.6 cm³/mol. The third kappa shape index (κ3) is 2.89. The van der Waals surface area contributed by atoms with E-state index in [1.807, 2.05) is 0 Å². The smallest absolute Gasteiger partial charge is 0.318 e. The molecule has 0 aliphatic heterocycles. The fraction of sp³-hybridized carbons (Fsp3) is 0.333. The van der Waals surface area contributed by atoms with Gasteiger partial charge in [0.15, 0.2) is 0 Å². The first-order valence-electron chi connectivity index (χ1n) is 4.00. The Balaban J connectivity index is 2.69. The fourth-order valence-corrected chi connectivity index (χ4v) is 1.92. The number of thioether (sulfide) groups is 1. The van der Waals surface area contributed by atoms with Crippen molar-refractivity contribution in [3.8, 4) is 0 Å². The number of carbonyl (C=O) groups is 1. The summed E-state index contributed by atoms with van der Waals surface area (Å²) < 4.78 is 4.59. The Bertz CT molecular complexity index is 332. The van der Waals surface area contributed by atoms with Crippen molar-refractivity contribution in [2.75, 3.05) is 7.11 Å². The van der Waals surface area contributed by atoms with Crippen LogP contribution in [0.3, 0.4) is 0 Å². The van der Waals surface area contributed by atoms with Crippen molar-refractivity contribution >= 4 is 29.3 Å². The Kier molecular flexibility index (Phi) is 4.22. The molecule has 14 heavy (non-hydrogen) atoms. The Morgan fingerprint density at radius 3 is 3.00 bits per heavy atom. The van der Waals surface area contributed by atoms with E-state index in [-0.39, 0.29) is 11.2 Å². The number of aromatic nitrogens is 1. The zero-order valence-corrected chi connectivity index (χ0v) is 9.43. The Labute approximate surface area is 91.8 Å². The predicted octanol–water partition coefficient (Wildman–Crippen LogP) is 2.39. The van der Waals surface area contributed by atoms with Crippen molar-refractivity contribution < 1.29 is 9.53 Å². The van der Waals surface area contributed by atoms with Crippen LogP contribution in [0, 0.1) is 0 Å². The number of nitrogens with zero attached hydrogens (tertiary/aromatic N) is 1. The lowest BCUT2D eigenvalue weighted by atomic mass is 10.5. The van der Waals surface area contributed by atoms with Gasteiger partial charge in [0.05, 0.1) is 12.1 Å². The SMILES string of the molecule is COC(=O)C(C)Sc1ncccc1Cl. The highest BCUT2D eigenvalue weighted by atomic mass is 35.5. The van der Waals surface area contributed by atoms with Gasteiger partial charge in [0.2, 0.25) is 0 Å². The lowest BCUT2D eigenvalue weighted by Crippen LogP contribution is -2.14. The molecule has 0 aromatic carbocycles. The average molecular weight is 232 g/mol. The van der Waals surface area contributed by atoms with Gasteiger partial charge in [-0.05, 0) is 19.1 Å². The van der Waals surface area contributed by atoms with Crippen LogP contribution in [0.5, 0.6) is 0 Å². The summed E-state index contributed by atoms with van der Waals surface area (Å²) in [6, 6.07) is 3.48. The van der Waals surface area contributed by atoms with Gasteiger partial charge in [0.25, 0.3) is 0 Å². The molecule has 1 aromatic heterocycles. The van der Waals surface area contributed by atoms with Crippen molar-refractivity contribution in [2.45, 2.75) is 17.2 Å². The molecule has 0 fully saturated rings. The molecule has 1 rings (SSSR count). The summed E-state index contributed by atoms with van der Waals surface area (Å²) in [6.07, 6.45) is 1.64. The van der Waals surface area contributed by atoms with Crippen molar-refractivity contribution in [3.05, 3.63) is 23.4 Å². The number of esters is 1. The molecule has 76 valence electrons. The number of halogens is 1. The minimum Gasteiger partial charge on any atom is -0.468 e. The van der Waals surface area contributed by atoms with E-state index in [2.05, 4.69) is 9.72 Å². The maximum Gasteiger partial charge on any atom is 0.318 e. The van der Waals surface area contributed by atoms with E-state index in [0.717, 1.165) is 0 Å². The third-order valence-electron chi connectivity index (χ3n) is 1.55. The van der Waals surface area contributed by atoms with Crippen LogP contribution < -0.4 is 0 Å². The van der Waals surface area contributed by atoms with E-state index in [1.165, 1.54) is 18.9 Å². The van der Waals surface area contributed by atoms with E-state index < -0.39 is 0 Å². The topological polar surface area (TPSA) is 39.2 Å². The molecular weight excluding hydrogens is 222 g/mol. The number of carbonyl (C=O) groups excluding carboxylic acids is 1. The molecule has 1 heterocycles. The minimum absolute atomic E-state index is 0.281. The molecule has 0 amide bonds. The van der Waals surface area contributed by atoms with Crippen LogP contribution in [0.1, 0.15) is 6.92 Å². The highest BCUT2D eigenvalue weighted by molar-refractivity contribution is 8.00. The summed E-state index contributed by atoms with van der Waals surface area (Å²) in [4.78, 5) is 15.2. The summed E-state index contributed by atoms with van der Waals surface area (Å²) in [5, 5.41) is 0.896. The van der Waals surface area contributed by atoms with Gasteiger partial charge in [-0.1, -0.05) is 23.4 Å². The zero-order chi connectivity index (χ0) is 10.6. The molecule has 0 spiro atoms. The molecule has 1 unspecified atom stereocenters. The number of ether oxygens (including phenoxy) is 1. The van der Waals surface area contributed by atoms with Gasteiger partial charge in [-0.15, -0.1) is 0 Å². The van der Waals surface area contributed by atoms with Gasteiger partial charge in [0, 0.05) is 6.20 Å². The van der Waals surface area contributed by atoms with Crippen molar-refractivity contribution in [1.82, 2.24) is 4.98 Å². The molecule has 0 saturated carbocycles. The lowest BCUT2D eigenvalue weighted by molar-refractivity contribution is -0.139. The second-order valence-corrected chi connectivity index (χ2v) is 4.31. The maximum absolute atomic E-state index is 11.1. The van der Waals surface area contributed by atoms with Crippen molar-refractivity contribution in [3.63, 3.8) is 0 Å². The van der Waals surface area contributed by atoms with E-state index in [4.69, 9.17) is 11.6 Å². The molecular formula is C9H10ClNO2S. The average Bonchev–Trinajstić information content (AvgIpc) is 2.20. The normalized spacial score (nSPS) is 12.2. The molecule has 3 nitrogen and oxygen atoms in total. The summed E-state index contributed by atoms with van der Waals surface area (Å²) in [6.45, 7) is 1.75. The minimum atomic E-state index is -0.299. The second kappa shape index (κ2) is 5.22. The Morgan fingerprint density at radius 2 is 2.43 bits per heavy atom. The number of hydrogen-bond donors (Lipinski definition) is 0. The van der Waals surface area contributed by atoms with Gasteiger partial charge >= 0.3 is 5.97 Å². The largest absolute Gasteiger partial charge is 0.468 e. The van der Waals surface area contributed by atoms with Gasteiger partial charge in [-0.3, -0.25) is 4.79 Å². The van der Waals surface area contributed by atoms with Crippen LogP contribution >= 0.6 is 23.4 Å². The van der Waals surface area contributed by atoms with Gasteiger partial charge in [0.1, 0.15) is 10.3 Å². The summed E-state index contributed by atoms with van der Waals surface area (Å²) in [5.74, 6) is -0.281. The molecule has 0 N–H and O–H groups in total. The Hall–Kier alpha value is -0.740.